The van der Waals surface area contributed by atoms with Crippen LogP contribution >= 0.6 is 0 Å². The number of aromatic carboxylic acids is 1. The molecule has 30 heavy (non-hydrogen) atoms. The molecule has 0 unspecified atom stereocenters. The molecule has 1 N–H and O–H groups in total. The molecule has 2 fully saturated rings. The topological polar surface area (TPSA) is 95.9 Å². The lowest BCUT2D eigenvalue weighted by Crippen LogP contribution is -2.57. The van der Waals surface area contributed by atoms with E-state index in [0.717, 1.165) is 31.3 Å². The number of methoxy groups -OCH3 is 1. The van der Waals surface area contributed by atoms with E-state index in [4.69, 9.17) is 4.74 Å². The van der Waals surface area contributed by atoms with Crippen molar-refractivity contribution in [1.29, 1.82) is 0 Å². The van der Waals surface area contributed by atoms with Crippen molar-refractivity contribution >= 4 is 17.7 Å². The van der Waals surface area contributed by atoms with Crippen molar-refractivity contribution in [1.82, 2.24) is 14.9 Å². The fourth-order valence-electron chi connectivity index (χ4n) is 3.85. The molecule has 10 heteroatoms. The second kappa shape index (κ2) is 7.28. The monoisotopic (exact) mass is 418 g/mol. The van der Waals surface area contributed by atoms with Gasteiger partial charge < -0.3 is 9.84 Å². The largest absolute Gasteiger partial charge is 0.494 e. The molecule has 1 amide bonds. The average molecular weight is 418 g/mol. The van der Waals surface area contributed by atoms with Gasteiger partial charge in [0.25, 0.3) is 6.43 Å². The lowest BCUT2D eigenvalue weighted by Gasteiger charge is -2.38. The van der Waals surface area contributed by atoms with Crippen molar-refractivity contribution in [2.24, 2.45) is 0 Å². The standard InChI is InChI=1S/C20H20F2N4O4/c1-25-5-6-26(19(29)20(25)3-4-20)16-8-11(13(9-24-16)18(27)28)12-7-14(17(21)22)23-10-15(12)30-2/h7-10,17H,3-6H2,1-2H3,(H,27,28). The summed E-state index contributed by atoms with van der Waals surface area (Å²) in [6.07, 6.45) is 0.949. The van der Waals surface area contributed by atoms with E-state index in [1.807, 2.05) is 11.9 Å². The molecule has 0 radical (unpaired) electrons. The van der Waals surface area contributed by atoms with Crippen LogP contribution in [0.3, 0.4) is 0 Å². The second-order valence-corrected chi connectivity index (χ2v) is 7.41. The fraction of sp³-hybridized carbons (Fsp3) is 0.400. The minimum absolute atomic E-state index is 0.0901. The Balaban J connectivity index is 1.84. The van der Waals surface area contributed by atoms with Crippen LogP contribution in [0.5, 0.6) is 5.75 Å². The zero-order valence-corrected chi connectivity index (χ0v) is 16.4. The van der Waals surface area contributed by atoms with Crippen LogP contribution in [-0.2, 0) is 4.79 Å². The highest BCUT2D eigenvalue weighted by molar-refractivity contribution is 6.04. The molecule has 0 bridgehead atoms. The summed E-state index contributed by atoms with van der Waals surface area (Å²) in [7, 11) is 3.24. The number of piperazine rings is 1. The summed E-state index contributed by atoms with van der Waals surface area (Å²) in [5.74, 6) is -0.947. The lowest BCUT2D eigenvalue weighted by atomic mass is 10.00. The van der Waals surface area contributed by atoms with E-state index >= 15 is 0 Å². The highest BCUT2D eigenvalue weighted by atomic mass is 19.3. The van der Waals surface area contributed by atoms with Crippen molar-refractivity contribution in [2.45, 2.75) is 24.8 Å². The van der Waals surface area contributed by atoms with Crippen molar-refractivity contribution in [3.05, 3.63) is 35.8 Å². The highest BCUT2D eigenvalue weighted by Crippen LogP contribution is 2.45. The molecule has 1 saturated heterocycles. The number of alkyl halides is 2. The fourth-order valence-corrected chi connectivity index (χ4v) is 3.85. The maximum atomic E-state index is 13.2. The summed E-state index contributed by atoms with van der Waals surface area (Å²) in [4.78, 5) is 36.3. The van der Waals surface area contributed by atoms with Crippen LogP contribution < -0.4 is 9.64 Å². The van der Waals surface area contributed by atoms with E-state index in [-0.39, 0.29) is 34.2 Å². The molecular weight excluding hydrogens is 398 g/mol. The number of pyridine rings is 2. The Morgan fingerprint density at radius 1 is 1.20 bits per heavy atom. The molecule has 2 aromatic rings. The number of nitrogens with zero attached hydrogens (tertiary/aromatic N) is 4. The number of halogens is 2. The molecule has 2 aliphatic rings. The van der Waals surface area contributed by atoms with Gasteiger partial charge in [-0.1, -0.05) is 0 Å². The molecule has 8 nitrogen and oxygen atoms in total. The number of rotatable bonds is 5. The van der Waals surface area contributed by atoms with Crippen LogP contribution in [0.25, 0.3) is 11.1 Å². The quantitative estimate of drug-likeness (QED) is 0.797. The Morgan fingerprint density at radius 2 is 1.93 bits per heavy atom. The average Bonchev–Trinajstić information content (AvgIpc) is 3.53. The second-order valence-electron chi connectivity index (χ2n) is 7.41. The number of ether oxygens (including phenoxy) is 1. The van der Waals surface area contributed by atoms with Gasteiger partial charge in [-0.3, -0.25) is 19.6 Å². The van der Waals surface area contributed by atoms with Crippen molar-refractivity contribution in [3.63, 3.8) is 0 Å². The zero-order valence-electron chi connectivity index (χ0n) is 16.4. The SMILES string of the molecule is COc1cnc(C(F)F)cc1-c1cc(N2CCN(C)C3(CC3)C2=O)ncc1C(=O)O. The molecule has 2 aromatic heterocycles. The number of likely N-dealkylation sites (N-methyl/N-ethyl adjacent to an activating group) is 1. The molecule has 1 spiro atoms. The zero-order chi connectivity index (χ0) is 21.6. The van der Waals surface area contributed by atoms with Gasteiger partial charge in [-0.15, -0.1) is 0 Å². The molecule has 1 aliphatic heterocycles. The first-order chi connectivity index (χ1) is 14.3. The van der Waals surface area contributed by atoms with Gasteiger partial charge in [0.1, 0.15) is 22.8 Å². The molecule has 1 saturated carbocycles. The Bertz CT molecular complexity index is 1030. The van der Waals surface area contributed by atoms with E-state index in [2.05, 4.69) is 9.97 Å². The predicted molar refractivity (Wildman–Crippen MR) is 103 cm³/mol. The van der Waals surface area contributed by atoms with Gasteiger partial charge in [0.05, 0.1) is 18.9 Å². The summed E-state index contributed by atoms with van der Waals surface area (Å²) in [6.45, 7) is 1.04. The molecule has 1 aliphatic carbocycles. The maximum absolute atomic E-state index is 13.2. The van der Waals surface area contributed by atoms with Gasteiger partial charge in [0, 0.05) is 30.4 Å². The van der Waals surface area contributed by atoms with E-state index in [9.17, 15) is 23.5 Å². The van der Waals surface area contributed by atoms with Gasteiger partial charge in [-0.2, -0.15) is 0 Å². The summed E-state index contributed by atoms with van der Waals surface area (Å²) >= 11 is 0. The first kappa shape index (κ1) is 20.1. The van der Waals surface area contributed by atoms with Gasteiger partial charge in [0.15, 0.2) is 0 Å². The third-order valence-corrected chi connectivity index (χ3v) is 5.78. The molecule has 4 rings (SSSR count). The summed E-state index contributed by atoms with van der Waals surface area (Å²) in [5, 5.41) is 9.62. The van der Waals surface area contributed by atoms with E-state index in [0.29, 0.717) is 13.1 Å². The first-order valence-electron chi connectivity index (χ1n) is 9.37. The van der Waals surface area contributed by atoms with Crippen molar-refractivity contribution in [3.8, 4) is 16.9 Å². The predicted octanol–water partition coefficient (Wildman–Crippen LogP) is 2.60. The van der Waals surface area contributed by atoms with Crippen molar-refractivity contribution in [2.75, 3.05) is 32.1 Å². The number of aromatic nitrogens is 2. The highest BCUT2D eigenvalue weighted by Gasteiger charge is 2.57. The van der Waals surface area contributed by atoms with Gasteiger partial charge >= 0.3 is 5.97 Å². The molecule has 0 atom stereocenters. The number of hydrogen-bond donors (Lipinski definition) is 1. The number of anilines is 1. The van der Waals surface area contributed by atoms with Gasteiger partial charge in [-0.25, -0.2) is 18.6 Å². The third-order valence-electron chi connectivity index (χ3n) is 5.78. The Hall–Kier alpha value is -3.14. The minimum atomic E-state index is -2.84. The van der Waals surface area contributed by atoms with Gasteiger partial charge in [-0.05, 0) is 32.0 Å². The number of carbonyl (C=O) groups is 2. The van der Waals surface area contributed by atoms with E-state index in [1.165, 1.54) is 18.1 Å². The molecular formula is C20H20F2N4O4. The summed E-state index contributed by atoms with van der Waals surface area (Å²) in [5.41, 5.74) is -0.945. The number of carbonyl (C=O) groups excluding carboxylic acids is 1. The van der Waals surface area contributed by atoms with Crippen LogP contribution in [0.4, 0.5) is 14.6 Å². The van der Waals surface area contributed by atoms with Crippen molar-refractivity contribution < 1.29 is 28.2 Å². The van der Waals surface area contributed by atoms with E-state index in [1.54, 1.807) is 0 Å². The van der Waals surface area contributed by atoms with Gasteiger partial charge in [0.2, 0.25) is 5.91 Å². The Labute approximate surface area is 171 Å². The Morgan fingerprint density at radius 3 is 2.53 bits per heavy atom. The number of carboxylic acid groups (broad SMARTS) is 1. The molecule has 0 aromatic carbocycles. The summed E-state index contributed by atoms with van der Waals surface area (Å²) < 4.78 is 31.7. The third kappa shape index (κ3) is 3.17. The summed E-state index contributed by atoms with van der Waals surface area (Å²) in [6, 6.07) is 2.54. The van der Waals surface area contributed by atoms with Crippen LogP contribution in [0.15, 0.2) is 24.5 Å². The Kier molecular flexibility index (Phi) is 4.89. The van der Waals surface area contributed by atoms with Crippen LogP contribution in [-0.4, -0.2) is 64.6 Å². The molecule has 158 valence electrons. The van der Waals surface area contributed by atoms with Crippen LogP contribution in [0.2, 0.25) is 0 Å². The number of amides is 1. The minimum Gasteiger partial charge on any atom is -0.494 e. The molecule has 3 heterocycles. The van der Waals surface area contributed by atoms with Crippen LogP contribution in [0.1, 0.15) is 35.3 Å². The maximum Gasteiger partial charge on any atom is 0.337 e. The van der Waals surface area contributed by atoms with E-state index < -0.39 is 23.6 Å². The smallest absolute Gasteiger partial charge is 0.337 e. The van der Waals surface area contributed by atoms with Crippen LogP contribution in [0, 0.1) is 0 Å². The normalized spacial score (nSPS) is 18.2. The lowest BCUT2D eigenvalue weighted by molar-refractivity contribution is -0.126. The first-order valence-corrected chi connectivity index (χ1v) is 9.37. The number of hydrogen-bond acceptors (Lipinski definition) is 6. The number of carboxylic acids is 1.